The molecule has 0 spiro atoms. The second kappa shape index (κ2) is 13.5. The van der Waals surface area contributed by atoms with Gasteiger partial charge in [0, 0.05) is 12.6 Å². The number of allylic oxidation sites excluding steroid dienone is 2. The molecule has 0 N–H and O–H groups in total. The lowest BCUT2D eigenvalue weighted by molar-refractivity contribution is -0.164. The van der Waals surface area contributed by atoms with Gasteiger partial charge in [-0.1, -0.05) is 115 Å². The Morgan fingerprint density at radius 2 is 1.41 bits per heavy atom. The molecule has 0 saturated carbocycles. The monoisotopic (exact) mass is 495 g/mol. The standard InChI is InChI=1S/C33H37NO3/c1-26(29-22-14-8-15-23-29)34(25-28-20-12-6-13-21-28)30(31(35)32(36)37-33(2,3)4)24-16-7-11-19-27-17-9-5-10-18-27/h5-6,8-24,26,30H,7,25H2,1-4H3/b19-11+,24-16+/t26-,30-/m1/s1. The molecule has 0 saturated heterocycles. The van der Waals surface area contributed by atoms with Crippen LogP contribution in [0.2, 0.25) is 0 Å². The fourth-order valence-electron chi connectivity index (χ4n) is 4.05. The van der Waals surface area contributed by atoms with Gasteiger partial charge in [-0.25, -0.2) is 4.79 Å². The maximum atomic E-state index is 13.6. The van der Waals surface area contributed by atoms with Crippen LogP contribution in [-0.2, 0) is 20.9 Å². The zero-order valence-corrected chi connectivity index (χ0v) is 22.2. The molecule has 3 aromatic rings. The van der Waals surface area contributed by atoms with Crippen LogP contribution in [-0.4, -0.2) is 28.3 Å². The minimum Gasteiger partial charge on any atom is -0.454 e. The van der Waals surface area contributed by atoms with E-state index >= 15 is 0 Å². The van der Waals surface area contributed by atoms with Crippen molar-refractivity contribution in [3.05, 3.63) is 126 Å². The Hall–Kier alpha value is -3.76. The number of rotatable bonds is 11. The van der Waals surface area contributed by atoms with Gasteiger partial charge < -0.3 is 4.74 Å². The average Bonchev–Trinajstić information content (AvgIpc) is 2.89. The van der Waals surface area contributed by atoms with Crippen molar-refractivity contribution in [3.63, 3.8) is 0 Å². The van der Waals surface area contributed by atoms with E-state index in [0.717, 1.165) is 16.7 Å². The van der Waals surface area contributed by atoms with Gasteiger partial charge in [-0.05, 0) is 50.8 Å². The van der Waals surface area contributed by atoms with E-state index in [1.807, 2.05) is 115 Å². The fraction of sp³-hybridized carbons (Fsp3) is 0.273. The third-order valence-corrected chi connectivity index (χ3v) is 5.91. The molecule has 2 atom stereocenters. The minimum atomic E-state index is -0.819. The molecule has 3 aromatic carbocycles. The summed E-state index contributed by atoms with van der Waals surface area (Å²) in [6.07, 6.45) is 8.50. The van der Waals surface area contributed by atoms with Crippen molar-refractivity contribution >= 4 is 17.8 Å². The Kier molecular flexibility index (Phi) is 10.2. The van der Waals surface area contributed by atoms with Gasteiger partial charge in [0.05, 0.1) is 6.04 Å². The largest absolute Gasteiger partial charge is 0.454 e. The smallest absolute Gasteiger partial charge is 0.377 e. The van der Waals surface area contributed by atoms with Gasteiger partial charge in [-0.15, -0.1) is 0 Å². The molecule has 37 heavy (non-hydrogen) atoms. The van der Waals surface area contributed by atoms with Crippen molar-refractivity contribution in [2.24, 2.45) is 0 Å². The Labute approximate surface area is 221 Å². The van der Waals surface area contributed by atoms with E-state index in [2.05, 4.69) is 11.8 Å². The molecule has 4 nitrogen and oxygen atoms in total. The highest BCUT2D eigenvalue weighted by atomic mass is 16.6. The third-order valence-electron chi connectivity index (χ3n) is 5.91. The number of carbonyl (C=O) groups is 2. The molecular weight excluding hydrogens is 458 g/mol. The van der Waals surface area contributed by atoms with Crippen LogP contribution >= 0.6 is 0 Å². The maximum Gasteiger partial charge on any atom is 0.377 e. The molecule has 0 amide bonds. The Bertz CT molecular complexity index is 1180. The average molecular weight is 496 g/mol. The summed E-state index contributed by atoms with van der Waals surface area (Å²) in [5.74, 6) is -1.39. The second-order valence-electron chi connectivity index (χ2n) is 10.0. The molecule has 0 aliphatic heterocycles. The molecule has 0 radical (unpaired) electrons. The molecule has 0 aromatic heterocycles. The summed E-state index contributed by atoms with van der Waals surface area (Å²) in [7, 11) is 0. The lowest BCUT2D eigenvalue weighted by atomic mass is 10.0. The first-order chi connectivity index (χ1) is 17.7. The summed E-state index contributed by atoms with van der Waals surface area (Å²) >= 11 is 0. The van der Waals surface area contributed by atoms with Gasteiger partial charge in [0.2, 0.25) is 0 Å². The molecule has 0 fully saturated rings. The normalized spacial score (nSPS) is 13.6. The van der Waals surface area contributed by atoms with Crippen molar-refractivity contribution in [3.8, 4) is 0 Å². The number of carbonyl (C=O) groups excluding carboxylic acids is 2. The van der Waals surface area contributed by atoms with Crippen molar-refractivity contribution in [1.82, 2.24) is 4.90 Å². The van der Waals surface area contributed by atoms with E-state index in [1.54, 1.807) is 20.8 Å². The van der Waals surface area contributed by atoms with Crippen molar-refractivity contribution in [2.75, 3.05) is 0 Å². The van der Waals surface area contributed by atoms with Crippen LogP contribution in [0, 0.1) is 0 Å². The Morgan fingerprint density at radius 3 is 2.00 bits per heavy atom. The fourth-order valence-corrected chi connectivity index (χ4v) is 4.05. The van der Waals surface area contributed by atoms with E-state index in [9.17, 15) is 9.59 Å². The topological polar surface area (TPSA) is 46.6 Å². The van der Waals surface area contributed by atoms with E-state index < -0.39 is 23.4 Å². The zero-order chi connectivity index (χ0) is 26.7. The molecule has 192 valence electrons. The van der Waals surface area contributed by atoms with Crippen LogP contribution in [0.25, 0.3) is 6.08 Å². The van der Waals surface area contributed by atoms with Gasteiger partial charge in [0.1, 0.15) is 5.60 Å². The lowest BCUT2D eigenvalue weighted by Crippen LogP contribution is -2.45. The van der Waals surface area contributed by atoms with E-state index in [4.69, 9.17) is 4.74 Å². The summed E-state index contributed by atoms with van der Waals surface area (Å²) in [6, 6.07) is 29.2. The van der Waals surface area contributed by atoms with Crippen LogP contribution in [0.1, 0.15) is 56.8 Å². The summed E-state index contributed by atoms with van der Waals surface area (Å²) < 4.78 is 5.49. The minimum absolute atomic E-state index is 0.123. The van der Waals surface area contributed by atoms with Crippen LogP contribution < -0.4 is 0 Å². The maximum absolute atomic E-state index is 13.6. The van der Waals surface area contributed by atoms with Crippen LogP contribution in [0.15, 0.2) is 109 Å². The van der Waals surface area contributed by atoms with Crippen molar-refractivity contribution in [1.29, 1.82) is 0 Å². The summed E-state index contributed by atoms with van der Waals surface area (Å²) in [5, 5.41) is 0. The number of hydrogen-bond acceptors (Lipinski definition) is 4. The number of ether oxygens (including phenoxy) is 1. The Balaban J connectivity index is 1.93. The summed E-state index contributed by atoms with van der Waals surface area (Å²) in [5.41, 5.74) is 2.48. The quantitative estimate of drug-likeness (QED) is 0.160. The highest BCUT2D eigenvalue weighted by Gasteiger charge is 2.35. The number of ketones is 1. The molecule has 0 unspecified atom stereocenters. The summed E-state index contributed by atoms with van der Waals surface area (Å²) in [4.78, 5) is 28.6. The van der Waals surface area contributed by atoms with Gasteiger partial charge in [-0.3, -0.25) is 9.69 Å². The number of nitrogens with zero attached hydrogens (tertiary/aromatic N) is 1. The highest BCUT2D eigenvalue weighted by molar-refractivity contribution is 6.36. The van der Waals surface area contributed by atoms with Crippen molar-refractivity contribution < 1.29 is 14.3 Å². The first-order valence-corrected chi connectivity index (χ1v) is 12.7. The predicted octanol–water partition coefficient (Wildman–Crippen LogP) is 7.19. The van der Waals surface area contributed by atoms with Crippen LogP contribution in [0.4, 0.5) is 0 Å². The van der Waals surface area contributed by atoms with Crippen molar-refractivity contribution in [2.45, 2.75) is 58.3 Å². The SMILES string of the molecule is C[C@H](c1ccccc1)N(Cc1ccccc1)[C@H](/C=C/C/C=C/c1ccccc1)C(=O)C(=O)OC(C)(C)C. The molecule has 0 aliphatic carbocycles. The zero-order valence-electron chi connectivity index (χ0n) is 22.2. The van der Waals surface area contributed by atoms with Crippen LogP contribution in [0.3, 0.4) is 0 Å². The highest BCUT2D eigenvalue weighted by Crippen LogP contribution is 2.26. The molecule has 0 bridgehead atoms. The second-order valence-corrected chi connectivity index (χ2v) is 10.0. The van der Waals surface area contributed by atoms with Gasteiger partial charge in [0.25, 0.3) is 5.78 Å². The number of hydrogen-bond donors (Lipinski definition) is 0. The van der Waals surface area contributed by atoms with Gasteiger partial charge >= 0.3 is 5.97 Å². The lowest BCUT2D eigenvalue weighted by Gasteiger charge is -2.34. The first-order valence-electron chi connectivity index (χ1n) is 12.7. The molecule has 0 aliphatic rings. The number of Topliss-reactive ketones (excluding diaryl/α,β-unsaturated/α-hetero) is 1. The van der Waals surface area contributed by atoms with Crippen LogP contribution in [0.5, 0.6) is 0 Å². The molecular formula is C33H37NO3. The Morgan fingerprint density at radius 1 is 0.838 bits per heavy atom. The van der Waals surface area contributed by atoms with E-state index in [0.29, 0.717) is 13.0 Å². The number of benzene rings is 3. The van der Waals surface area contributed by atoms with E-state index in [1.165, 1.54) is 0 Å². The first kappa shape index (κ1) is 27.8. The van der Waals surface area contributed by atoms with Gasteiger partial charge in [-0.2, -0.15) is 0 Å². The number of esters is 1. The third kappa shape index (κ3) is 9.00. The molecule has 0 heterocycles. The molecule has 3 rings (SSSR count). The van der Waals surface area contributed by atoms with Gasteiger partial charge in [0.15, 0.2) is 0 Å². The molecule has 4 heteroatoms. The predicted molar refractivity (Wildman–Crippen MR) is 151 cm³/mol. The van der Waals surface area contributed by atoms with E-state index in [-0.39, 0.29) is 6.04 Å². The summed E-state index contributed by atoms with van der Waals surface area (Å²) in [6.45, 7) is 7.88.